The zero-order valence-corrected chi connectivity index (χ0v) is 20.2. The number of hydrogen-bond acceptors (Lipinski definition) is 7. The number of rotatable bonds is 6. The second-order valence-electron chi connectivity index (χ2n) is 8.61. The van der Waals surface area contributed by atoms with Gasteiger partial charge in [0, 0.05) is 11.3 Å². The van der Waals surface area contributed by atoms with E-state index >= 15 is 0 Å². The van der Waals surface area contributed by atoms with Crippen molar-refractivity contribution in [3.05, 3.63) is 48.0 Å². The zero-order valence-electron chi connectivity index (χ0n) is 18.6. The largest absolute Gasteiger partial charge is 0.325 e. The number of ketones is 1. The minimum Gasteiger partial charge on any atom is -0.325 e. The Hall–Kier alpha value is -3.04. The summed E-state index contributed by atoms with van der Waals surface area (Å²) in [7, 11) is 0. The topological polar surface area (TPSA) is 96.4 Å². The van der Waals surface area contributed by atoms with Gasteiger partial charge in [0.05, 0.1) is 33.5 Å². The first-order valence-corrected chi connectivity index (χ1v) is 13.0. The molecular weight excluding hydrogens is 470 g/mol. The lowest BCUT2D eigenvalue weighted by molar-refractivity contribution is -0.122. The highest BCUT2D eigenvalue weighted by molar-refractivity contribution is 8.01. The van der Waals surface area contributed by atoms with Crippen LogP contribution in [-0.2, 0) is 14.4 Å². The van der Waals surface area contributed by atoms with Crippen molar-refractivity contribution < 1.29 is 19.2 Å². The Morgan fingerprint density at radius 3 is 2.38 bits per heavy atom. The number of carbonyl (C=O) groups excluding carboxylic acids is 4. The molecule has 0 unspecified atom stereocenters. The maximum Gasteiger partial charge on any atom is 0.237 e. The van der Waals surface area contributed by atoms with E-state index in [1.165, 1.54) is 34.9 Å². The van der Waals surface area contributed by atoms with Gasteiger partial charge in [0.2, 0.25) is 17.7 Å². The molecule has 7 nitrogen and oxygen atoms in total. The van der Waals surface area contributed by atoms with Crippen LogP contribution in [0.2, 0.25) is 0 Å². The smallest absolute Gasteiger partial charge is 0.237 e. The molecule has 5 rings (SSSR count). The van der Waals surface area contributed by atoms with E-state index in [-0.39, 0.29) is 41.1 Å². The van der Waals surface area contributed by atoms with Gasteiger partial charge in [0.15, 0.2) is 10.1 Å². The summed E-state index contributed by atoms with van der Waals surface area (Å²) < 4.78 is 1.61. The predicted molar refractivity (Wildman–Crippen MR) is 133 cm³/mol. The summed E-state index contributed by atoms with van der Waals surface area (Å²) >= 11 is 2.77. The van der Waals surface area contributed by atoms with Crippen molar-refractivity contribution in [2.75, 3.05) is 16.0 Å². The summed E-state index contributed by atoms with van der Waals surface area (Å²) in [4.78, 5) is 55.4. The lowest BCUT2D eigenvalue weighted by Crippen LogP contribution is -2.30. The van der Waals surface area contributed by atoms with Crippen molar-refractivity contribution in [1.29, 1.82) is 0 Å². The Balaban J connectivity index is 1.25. The van der Waals surface area contributed by atoms with E-state index in [1.54, 1.807) is 30.3 Å². The van der Waals surface area contributed by atoms with E-state index in [0.29, 0.717) is 16.9 Å². The maximum atomic E-state index is 12.9. The summed E-state index contributed by atoms with van der Waals surface area (Å²) in [5.74, 6) is -0.528. The van der Waals surface area contributed by atoms with Crippen molar-refractivity contribution in [2.45, 2.75) is 36.9 Å². The maximum absolute atomic E-state index is 12.9. The van der Waals surface area contributed by atoms with Gasteiger partial charge in [-0.1, -0.05) is 24.6 Å². The van der Waals surface area contributed by atoms with Crippen molar-refractivity contribution in [2.24, 2.45) is 11.8 Å². The Morgan fingerprint density at radius 2 is 1.74 bits per heavy atom. The number of imide groups is 1. The molecule has 1 saturated heterocycles. The molecule has 1 saturated carbocycles. The number of amides is 3. The zero-order chi connectivity index (χ0) is 23.8. The monoisotopic (exact) mass is 493 g/mol. The number of fused-ring (bicyclic) bond motifs is 2. The Labute approximate surface area is 204 Å². The van der Waals surface area contributed by atoms with Gasteiger partial charge in [-0.25, -0.2) is 4.98 Å². The summed E-state index contributed by atoms with van der Waals surface area (Å²) in [6, 6.07) is 12.2. The number of nitrogens with zero attached hydrogens (tertiary/aromatic N) is 2. The van der Waals surface area contributed by atoms with Crippen LogP contribution in [0, 0.1) is 11.8 Å². The molecule has 0 bridgehead atoms. The molecule has 3 aromatic rings. The number of carbonyl (C=O) groups is 4. The molecule has 2 aliphatic rings. The van der Waals surface area contributed by atoms with Gasteiger partial charge in [-0.05, 0) is 62.2 Å². The average Bonchev–Trinajstić information content (AvgIpc) is 3.36. The van der Waals surface area contributed by atoms with Crippen LogP contribution in [0.3, 0.4) is 0 Å². The number of nitrogens with one attached hydrogen (secondary N) is 1. The molecule has 1 aliphatic carbocycles. The summed E-state index contributed by atoms with van der Waals surface area (Å²) in [6.07, 6.45) is 3.58. The first-order valence-electron chi connectivity index (χ1n) is 11.2. The fraction of sp³-hybridized carbons (Fsp3) is 0.320. The highest BCUT2D eigenvalue weighted by Gasteiger charge is 2.48. The third kappa shape index (κ3) is 4.37. The lowest BCUT2D eigenvalue weighted by Gasteiger charge is -2.19. The number of benzene rings is 2. The van der Waals surface area contributed by atoms with Crippen molar-refractivity contribution in [3.63, 3.8) is 0 Å². The number of hydrogen-bond donors (Lipinski definition) is 1. The number of anilines is 2. The van der Waals surface area contributed by atoms with Crippen LogP contribution < -0.4 is 10.2 Å². The van der Waals surface area contributed by atoms with E-state index in [2.05, 4.69) is 10.3 Å². The number of thiazole rings is 1. The quantitative estimate of drug-likeness (QED) is 0.298. The van der Waals surface area contributed by atoms with Gasteiger partial charge in [-0.2, -0.15) is 0 Å². The number of Topliss-reactive ketones (excluding diaryl/α,β-unsaturated/α-hetero) is 1. The van der Waals surface area contributed by atoms with Crippen LogP contribution in [0.4, 0.5) is 11.4 Å². The molecule has 1 N–H and O–H groups in total. The summed E-state index contributed by atoms with van der Waals surface area (Å²) in [5, 5.41) is 2.82. The third-order valence-electron chi connectivity index (χ3n) is 6.35. The van der Waals surface area contributed by atoms with Gasteiger partial charge < -0.3 is 5.32 Å². The molecule has 0 radical (unpaired) electrons. The fourth-order valence-corrected chi connectivity index (χ4v) is 6.52. The normalized spacial score (nSPS) is 20.0. The van der Waals surface area contributed by atoms with E-state index < -0.39 is 0 Å². The molecule has 2 atom stereocenters. The van der Waals surface area contributed by atoms with Crippen LogP contribution >= 0.6 is 23.1 Å². The molecule has 2 aromatic carbocycles. The molecule has 174 valence electrons. The van der Waals surface area contributed by atoms with Crippen LogP contribution in [-0.4, -0.2) is 34.2 Å². The molecule has 1 aromatic heterocycles. The summed E-state index contributed by atoms with van der Waals surface area (Å²) in [5.41, 5.74) is 2.60. The van der Waals surface area contributed by atoms with Crippen molar-refractivity contribution >= 4 is 68.2 Å². The molecule has 2 heterocycles. The minimum atomic E-state index is -0.179. The number of aromatic nitrogens is 1. The van der Waals surface area contributed by atoms with Crippen LogP contribution in [0.15, 0.2) is 46.8 Å². The van der Waals surface area contributed by atoms with E-state index in [1.807, 2.05) is 12.1 Å². The molecule has 1 aliphatic heterocycles. The Kier molecular flexibility index (Phi) is 6.22. The first-order chi connectivity index (χ1) is 16.4. The SMILES string of the molecule is CC(=O)c1ccc(NC(=O)CSc2nc3ccc(N4C(=O)[C@H]5CCCC[C@@H]5C4=O)cc3s2)cc1. The van der Waals surface area contributed by atoms with Gasteiger partial charge in [-0.15, -0.1) is 11.3 Å². The van der Waals surface area contributed by atoms with Crippen LogP contribution in [0.5, 0.6) is 0 Å². The highest BCUT2D eigenvalue weighted by atomic mass is 32.2. The van der Waals surface area contributed by atoms with Crippen molar-refractivity contribution in [1.82, 2.24) is 4.98 Å². The molecular formula is C25H23N3O4S2. The van der Waals surface area contributed by atoms with Gasteiger partial charge in [0.25, 0.3) is 0 Å². The standard InChI is InChI=1S/C25H23N3O4S2/c1-14(29)15-6-8-16(9-7-15)26-22(30)13-33-25-27-20-11-10-17(12-21(20)34-25)28-23(31)18-4-2-3-5-19(18)24(28)32/h6-12,18-19H,2-5,13H2,1H3,(H,26,30)/t18-,19-/m0/s1. The first kappa shape index (κ1) is 22.7. The van der Waals surface area contributed by atoms with Crippen LogP contribution in [0.25, 0.3) is 10.2 Å². The highest BCUT2D eigenvalue weighted by Crippen LogP contribution is 2.41. The average molecular weight is 494 g/mol. The second kappa shape index (κ2) is 9.31. The second-order valence-corrected chi connectivity index (χ2v) is 10.9. The predicted octanol–water partition coefficient (Wildman–Crippen LogP) is 4.91. The van der Waals surface area contributed by atoms with Gasteiger partial charge in [0.1, 0.15) is 0 Å². The van der Waals surface area contributed by atoms with Crippen LogP contribution in [0.1, 0.15) is 43.0 Å². The van der Waals surface area contributed by atoms with E-state index in [0.717, 1.165) is 40.2 Å². The fourth-order valence-electron chi connectivity index (χ4n) is 4.62. The van der Waals surface area contributed by atoms with E-state index in [9.17, 15) is 19.2 Å². The van der Waals surface area contributed by atoms with Gasteiger partial charge in [-0.3, -0.25) is 24.1 Å². The summed E-state index contributed by atoms with van der Waals surface area (Å²) in [6.45, 7) is 1.50. The van der Waals surface area contributed by atoms with Crippen molar-refractivity contribution in [3.8, 4) is 0 Å². The van der Waals surface area contributed by atoms with E-state index in [4.69, 9.17) is 0 Å². The molecule has 3 amide bonds. The number of thioether (sulfide) groups is 1. The Morgan fingerprint density at radius 1 is 1.06 bits per heavy atom. The molecule has 0 spiro atoms. The molecule has 9 heteroatoms. The molecule has 34 heavy (non-hydrogen) atoms. The Bertz CT molecular complexity index is 1280. The third-order valence-corrected chi connectivity index (χ3v) is 8.51. The van der Waals surface area contributed by atoms with Gasteiger partial charge >= 0.3 is 0 Å². The lowest BCUT2D eigenvalue weighted by atomic mass is 9.81. The molecule has 2 fully saturated rings. The minimum absolute atomic E-state index is 0.0238.